The third kappa shape index (κ3) is 5.46. The van der Waals surface area contributed by atoms with Gasteiger partial charge in [-0.25, -0.2) is 18.7 Å². The average molecular weight is 571 g/mol. The first-order valence-corrected chi connectivity index (χ1v) is 13.1. The van der Waals surface area contributed by atoms with Gasteiger partial charge >= 0.3 is 5.97 Å². The van der Waals surface area contributed by atoms with Gasteiger partial charge in [0.1, 0.15) is 18.0 Å². The molecule has 42 heavy (non-hydrogen) atoms. The quantitative estimate of drug-likeness (QED) is 0.206. The number of nitrogens with one attached hydrogen (secondary N) is 2. The van der Waals surface area contributed by atoms with Crippen molar-refractivity contribution in [1.29, 1.82) is 0 Å². The van der Waals surface area contributed by atoms with E-state index in [2.05, 4.69) is 27.3 Å². The molecule has 214 valence electrons. The van der Waals surface area contributed by atoms with Crippen LogP contribution in [0.3, 0.4) is 0 Å². The van der Waals surface area contributed by atoms with Gasteiger partial charge in [-0.15, -0.1) is 0 Å². The van der Waals surface area contributed by atoms with Crippen LogP contribution in [0.15, 0.2) is 61.3 Å². The van der Waals surface area contributed by atoms with Gasteiger partial charge < -0.3 is 21.1 Å². The van der Waals surface area contributed by atoms with E-state index >= 15 is 0 Å². The standard InChI is InChI=1S/C30H27FN6O5/c1-3-11-42-30(41)20-7-8-21-19(16(20)2)9-10-23(21)36-29(40)25-13-24(35-27-22(31)15-34-37(25)27)28(39)33-14-17-5-4-6-18(12-17)26(32)38/h3-8,12-13,15,23H,1,9-11,14H2,2H3,(H2,32,38)(H,33,39)(H,36,40)/t23-/m0/s1. The number of nitrogens with two attached hydrogens (primary N) is 1. The number of carbonyl (C=O) groups is 4. The van der Waals surface area contributed by atoms with Crippen molar-refractivity contribution in [3.63, 3.8) is 0 Å². The Balaban J connectivity index is 1.37. The maximum absolute atomic E-state index is 14.5. The molecule has 2 aromatic carbocycles. The number of amides is 3. The van der Waals surface area contributed by atoms with Crippen molar-refractivity contribution in [2.75, 3.05) is 6.61 Å². The molecule has 0 radical (unpaired) electrons. The summed E-state index contributed by atoms with van der Waals surface area (Å²) in [5.74, 6) is -3.10. The van der Waals surface area contributed by atoms with Gasteiger partial charge in [0.2, 0.25) is 5.91 Å². The van der Waals surface area contributed by atoms with Crippen LogP contribution in [-0.2, 0) is 17.7 Å². The molecule has 1 aliphatic rings. The normalized spacial score (nSPS) is 13.8. The van der Waals surface area contributed by atoms with Gasteiger partial charge in [-0.1, -0.05) is 30.9 Å². The lowest BCUT2D eigenvalue weighted by Gasteiger charge is -2.16. The Bertz CT molecular complexity index is 1760. The summed E-state index contributed by atoms with van der Waals surface area (Å²) in [4.78, 5) is 54.4. The largest absolute Gasteiger partial charge is 0.458 e. The second kappa shape index (κ2) is 11.6. The zero-order valence-electron chi connectivity index (χ0n) is 22.6. The lowest BCUT2D eigenvalue weighted by Crippen LogP contribution is -2.30. The van der Waals surface area contributed by atoms with Crippen LogP contribution >= 0.6 is 0 Å². The lowest BCUT2D eigenvalue weighted by atomic mass is 9.98. The van der Waals surface area contributed by atoms with Crippen molar-refractivity contribution in [2.45, 2.75) is 32.4 Å². The molecule has 0 aliphatic heterocycles. The average Bonchev–Trinajstić information content (AvgIpc) is 3.57. The number of primary amides is 1. The first-order chi connectivity index (χ1) is 20.2. The number of carbonyl (C=O) groups excluding carboxylic acids is 4. The Hall–Kier alpha value is -5.39. The number of hydrogen-bond acceptors (Lipinski definition) is 7. The number of esters is 1. The van der Waals surface area contributed by atoms with Crippen molar-refractivity contribution in [1.82, 2.24) is 25.2 Å². The van der Waals surface area contributed by atoms with Gasteiger partial charge in [0, 0.05) is 18.2 Å². The summed E-state index contributed by atoms with van der Waals surface area (Å²) >= 11 is 0. The Morgan fingerprint density at radius 2 is 2.00 bits per heavy atom. The highest BCUT2D eigenvalue weighted by atomic mass is 19.1. The van der Waals surface area contributed by atoms with Crippen LogP contribution < -0.4 is 16.4 Å². The molecule has 5 rings (SSSR count). The topological polar surface area (TPSA) is 158 Å². The van der Waals surface area contributed by atoms with Gasteiger partial charge in [0.05, 0.1) is 17.8 Å². The van der Waals surface area contributed by atoms with Crippen molar-refractivity contribution >= 4 is 29.3 Å². The highest BCUT2D eigenvalue weighted by molar-refractivity contribution is 5.98. The molecule has 0 spiro atoms. The molecule has 3 amide bonds. The minimum absolute atomic E-state index is 0.0391. The van der Waals surface area contributed by atoms with Gasteiger partial charge in [-0.05, 0) is 60.2 Å². The highest BCUT2D eigenvalue weighted by Crippen LogP contribution is 2.35. The zero-order valence-corrected chi connectivity index (χ0v) is 22.6. The molecule has 2 heterocycles. The van der Waals surface area contributed by atoms with E-state index in [9.17, 15) is 23.6 Å². The van der Waals surface area contributed by atoms with Gasteiger partial charge in [0.25, 0.3) is 11.8 Å². The van der Waals surface area contributed by atoms with Crippen LogP contribution in [0.2, 0.25) is 0 Å². The van der Waals surface area contributed by atoms with Gasteiger partial charge in [-0.2, -0.15) is 5.10 Å². The Labute approximate surface area is 239 Å². The SMILES string of the molecule is C=CCOC(=O)c1ccc2c(c1C)CC[C@@H]2NC(=O)c1cc(C(=O)NCc2cccc(C(N)=O)c2)nc2c(F)cnn12. The number of halogens is 1. The van der Waals surface area contributed by atoms with Crippen LogP contribution in [0.4, 0.5) is 4.39 Å². The number of nitrogens with zero attached hydrogens (tertiary/aromatic N) is 3. The lowest BCUT2D eigenvalue weighted by molar-refractivity contribution is 0.0548. The van der Waals surface area contributed by atoms with Gasteiger partial charge in [0.15, 0.2) is 11.5 Å². The molecule has 0 unspecified atom stereocenters. The number of fused-ring (bicyclic) bond motifs is 2. The van der Waals surface area contributed by atoms with Crippen LogP contribution in [0.5, 0.6) is 0 Å². The maximum Gasteiger partial charge on any atom is 0.338 e. The summed E-state index contributed by atoms with van der Waals surface area (Å²) in [6, 6.07) is 10.7. The second-order valence-electron chi connectivity index (χ2n) is 9.76. The van der Waals surface area contributed by atoms with E-state index in [-0.39, 0.29) is 41.8 Å². The molecule has 0 saturated heterocycles. The zero-order chi connectivity index (χ0) is 30.0. The molecule has 0 saturated carbocycles. The first kappa shape index (κ1) is 28.1. The number of ether oxygens (including phenoxy) is 1. The van der Waals surface area contributed by atoms with Crippen LogP contribution in [0.25, 0.3) is 5.65 Å². The van der Waals surface area contributed by atoms with Crippen LogP contribution in [-0.4, -0.2) is 44.9 Å². The van der Waals surface area contributed by atoms with E-state index in [0.717, 1.165) is 27.4 Å². The predicted octanol–water partition coefficient (Wildman–Crippen LogP) is 2.97. The molecule has 0 fully saturated rings. The minimum atomic E-state index is -0.800. The van der Waals surface area contributed by atoms with E-state index in [0.29, 0.717) is 24.0 Å². The number of aromatic nitrogens is 3. The smallest absolute Gasteiger partial charge is 0.338 e. The summed E-state index contributed by atoms with van der Waals surface area (Å²) in [6.07, 6.45) is 3.61. The van der Waals surface area contributed by atoms with E-state index in [4.69, 9.17) is 10.5 Å². The van der Waals surface area contributed by atoms with Crippen molar-refractivity contribution < 1.29 is 28.3 Å². The molecule has 11 nitrogen and oxygen atoms in total. The van der Waals surface area contributed by atoms with Crippen LogP contribution in [0.1, 0.15) is 76.4 Å². The van der Waals surface area contributed by atoms with E-state index in [1.165, 1.54) is 12.1 Å². The molecular weight excluding hydrogens is 543 g/mol. The van der Waals surface area contributed by atoms with E-state index < -0.39 is 29.5 Å². The fourth-order valence-corrected chi connectivity index (χ4v) is 5.02. The summed E-state index contributed by atoms with van der Waals surface area (Å²) < 4.78 is 20.7. The molecule has 1 aliphatic carbocycles. The maximum atomic E-state index is 14.5. The minimum Gasteiger partial charge on any atom is -0.458 e. The molecule has 12 heteroatoms. The third-order valence-electron chi connectivity index (χ3n) is 7.11. The number of benzene rings is 2. The Kier molecular flexibility index (Phi) is 7.78. The highest BCUT2D eigenvalue weighted by Gasteiger charge is 2.29. The van der Waals surface area contributed by atoms with E-state index in [1.54, 1.807) is 36.4 Å². The molecular formula is C30H27FN6O5. The fraction of sp³-hybridized carbons (Fsp3) is 0.200. The van der Waals surface area contributed by atoms with E-state index in [1.807, 2.05) is 6.92 Å². The van der Waals surface area contributed by atoms with Crippen LogP contribution in [0, 0.1) is 12.7 Å². The first-order valence-electron chi connectivity index (χ1n) is 13.1. The number of hydrogen-bond donors (Lipinski definition) is 3. The predicted molar refractivity (Wildman–Crippen MR) is 149 cm³/mol. The van der Waals surface area contributed by atoms with Crippen molar-refractivity contribution in [2.24, 2.45) is 5.73 Å². The van der Waals surface area contributed by atoms with Crippen molar-refractivity contribution in [3.8, 4) is 0 Å². The fourth-order valence-electron chi connectivity index (χ4n) is 5.02. The summed E-state index contributed by atoms with van der Waals surface area (Å²) in [5.41, 5.74) is 8.68. The molecule has 1 atom stereocenters. The van der Waals surface area contributed by atoms with Gasteiger partial charge in [-0.3, -0.25) is 14.4 Å². The molecule has 2 aromatic heterocycles. The monoisotopic (exact) mass is 570 g/mol. The summed E-state index contributed by atoms with van der Waals surface area (Å²) in [6.45, 7) is 5.53. The molecule has 0 bridgehead atoms. The number of rotatable bonds is 9. The third-order valence-corrected chi connectivity index (χ3v) is 7.11. The molecule has 4 aromatic rings. The Morgan fingerprint density at radius 1 is 1.19 bits per heavy atom. The summed E-state index contributed by atoms with van der Waals surface area (Å²) in [7, 11) is 0. The Morgan fingerprint density at radius 3 is 2.76 bits per heavy atom. The van der Waals surface area contributed by atoms with Crippen molar-refractivity contribution in [3.05, 3.63) is 112 Å². The second-order valence-corrected chi connectivity index (χ2v) is 9.76. The molecule has 4 N–H and O–H groups in total. The summed E-state index contributed by atoms with van der Waals surface area (Å²) in [5, 5.41) is 9.54.